The lowest BCUT2D eigenvalue weighted by Gasteiger charge is -2.11. The van der Waals surface area contributed by atoms with Gasteiger partial charge in [0.15, 0.2) is 0 Å². The summed E-state index contributed by atoms with van der Waals surface area (Å²) in [5, 5.41) is 0. The molecule has 1 aromatic carbocycles. The summed E-state index contributed by atoms with van der Waals surface area (Å²) in [7, 11) is 0. The van der Waals surface area contributed by atoms with Gasteiger partial charge in [-0.1, -0.05) is 15.9 Å². The van der Waals surface area contributed by atoms with E-state index in [1.54, 1.807) is 0 Å². The fourth-order valence-electron chi connectivity index (χ4n) is 1.33. The molecule has 2 nitrogen and oxygen atoms in total. The van der Waals surface area contributed by atoms with Gasteiger partial charge in [-0.3, -0.25) is 0 Å². The van der Waals surface area contributed by atoms with Crippen molar-refractivity contribution in [2.75, 3.05) is 6.61 Å². The number of halogens is 1. The zero-order valence-electron chi connectivity index (χ0n) is 8.34. The molecule has 14 heavy (non-hydrogen) atoms. The minimum atomic E-state index is 0.439. The number of carbonyl (C=O) groups excluding carboxylic acids is 1. The van der Waals surface area contributed by atoms with Gasteiger partial charge in [0.1, 0.15) is 12.0 Å². The second-order valence-electron chi connectivity index (χ2n) is 3.17. The maximum absolute atomic E-state index is 10.1. The molecule has 0 saturated heterocycles. The molecule has 1 rings (SSSR count). The second kappa shape index (κ2) is 5.15. The van der Waals surface area contributed by atoms with Gasteiger partial charge in [0.05, 0.1) is 6.61 Å². The summed E-state index contributed by atoms with van der Waals surface area (Å²) in [5.41, 5.74) is 2.17. The molecule has 1 aromatic rings. The summed E-state index contributed by atoms with van der Waals surface area (Å²) >= 11 is 3.42. The highest BCUT2D eigenvalue weighted by atomic mass is 79.9. The molecule has 0 unspecified atom stereocenters. The van der Waals surface area contributed by atoms with Crippen LogP contribution in [-0.4, -0.2) is 12.9 Å². The number of carbonyl (C=O) groups is 1. The second-order valence-corrected chi connectivity index (χ2v) is 4.09. The van der Waals surface area contributed by atoms with Crippen LogP contribution in [-0.2, 0) is 4.79 Å². The van der Waals surface area contributed by atoms with E-state index in [9.17, 15) is 4.79 Å². The van der Waals surface area contributed by atoms with Gasteiger partial charge in [-0.05, 0) is 37.1 Å². The van der Waals surface area contributed by atoms with E-state index in [4.69, 9.17) is 4.74 Å². The Balaban J connectivity index is 2.80. The molecule has 0 bridgehead atoms. The summed E-state index contributed by atoms with van der Waals surface area (Å²) in [5.74, 6) is 0.884. The van der Waals surface area contributed by atoms with E-state index >= 15 is 0 Å². The number of rotatable bonds is 4. The third kappa shape index (κ3) is 2.84. The molecule has 0 fully saturated rings. The Kier molecular flexibility index (Phi) is 4.14. The predicted octanol–water partition coefficient (Wildman–Crippen LogP) is 3.03. The maximum Gasteiger partial charge on any atom is 0.125 e. The van der Waals surface area contributed by atoms with Crippen LogP contribution in [0.15, 0.2) is 16.6 Å². The molecule has 0 spiro atoms. The molecule has 0 aliphatic carbocycles. The highest BCUT2D eigenvalue weighted by Crippen LogP contribution is 2.27. The highest BCUT2D eigenvalue weighted by Gasteiger charge is 2.04. The zero-order valence-corrected chi connectivity index (χ0v) is 9.93. The molecule has 76 valence electrons. The summed E-state index contributed by atoms with van der Waals surface area (Å²) in [6.07, 6.45) is 1.30. The van der Waals surface area contributed by atoms with Crippen LogP contribution in [0.25, 0.3) is 0 Å². The topological polar surface area (TPSA) is 26.3 Å². The molecule has 0 aliphatic heterocycles. The molecule has 0 aliphatic rings. The lowest BCUT2D eigenvalue weighted by Crippen LogP contribution is -2.01. The van der Waals surface area contributed by atoms with Gasteiger partial charge in [0, 0.05) is 10.9 Å². The average molecular weight is 257 g/mol. The maximum atomic E-state index is 10.1. The fraction of sp³-hybridized carbons (Fsp3) is 0.364. The van der Waals surface area contributed by atoms with Crippen LogP contribution in [0.3, 0.4) is 0 Å². The van der Waals surface area contributed by atoms with Crippen molar-refractivity contribution in [1.82, 2.24) is 0 Å². The van der Waals surface area contributed by atoms with Crippen LogP contribution in [0.2, 0.25) is 0 Å². The van der Waals surface area contributed by atoms with E-state index in [0.717, 1.165) is 27.6 Å². The molecule has 0 radical (unpaired) electrons. The van der Waals surface area contributed by atoms with Crippen molar-refractivity contribution in [1.29, 1.82) is 0 Å². The fourth-order valence-corrected chi connectivity index (χ4v) is 2.02. The van der Waals surface area contributed by atoms with Crippen LogP contribution in [0.1, 0.15) is 17.5 Å². The third-order valence-electron chi connectivity index (χ3n) is 1.91. The number of benzene rings is 1. The molecule has 0 N–H and O–H groups in total. The lowest BCUT2D eigenvalue weighted by molar-refractivity contribution is -0.108. The van der Waals surface area contributed by atoms with Crippen molar-refractivity contribution >= 4 is 22.2 Å². The smallest absolute Gasteiger partial charge is 0.125 e. The Morgan fingerprint density at radius 1 is 1.36 bits per heavy atom. The summed E-state index contributed by atoms with van der Waals surface area (Å²) < 4.78 is 6.56. The predicted molar refractivity (Wildman–Crippen MR) is 59.8 cm³/mol. The van der Waals surface area contributed by atoms with E-state index in [1.165, 1.54) is 0 Å². The number of hydrogen-bond donors (Lipinski definition) is 0. The third-order valence-corrected chi connectivity index (χ3v) is 2.37. The van der Waals surface area contributed by atoms with E-state index in [2.05, 4.69) is 15.9 Å². The lowest BCUT2D eigenvalue weighted by atomic mass is 10.1. The van der Waals surface area contributed by atoms with Gasteiger partial charge in [0.2, 0.25) is 0 Å². The van der Waals surface area contributed by atoms with Gasteiger partial charge in [0.25, 0.3) is 0 Å². The molecule has 0 atom stereocenters. The molecule has 0 saturated carbocycles. The van der Waals surface area contributed by atoms with Gasteiger partial charge >= 0.3 is 0 Å². The Morgan fingerprint density at radius 3 is 2.43 bits per heavy atom. The number of aldehydes is 1. The first-order valence-electron chi connectivity index (χ1n) is 4.48. The van der Waals surface area contributed by atoms with E-state index in [1.807, 2.05) is 26.0 Å². The van der Waals surface area contributed by atoms with Crippen LogP contribution < -0.4 is 4.74 Å². The van der Waals surface area contributed by atoms with Gasteiger partial charge in [-0.15, -0.1) is 0 Å². The Labute approximate surface area is 92.4 Å². The van der Waals surface area contributed by atoms with E-state index in [-0.39, 0.29) is 0 Å². The molecular weight excluding hydrogens is 244 g/mol. The van der Waals surface area contributed by atoms with Gasteiger partial charge < -0.3 is 9.53 Å². The van der Waals surface area contributed by atoms with Crippen molar-refractivity contribution in [3.63, 3.8) is 0 Å². The van der Waals surface area contributed by atoms with Crippen molar-refractivity contribution in [3.8, 4) is 5.75 Å². The quantitative estimate of drug-likeness (QED) is 0.612. The molecule has 0 aromatic heterocycles. The van der Waals surface area contributed by atoms with Crippen molar-refractivity contribution in [2.24, 2.45) is 0 Å². The molecular formula is C11H13BrO2. The zero-order chi connectivity index (χ0) is 10.6. The minimum Gasteiger partial charge on any atom is -0.493 e. The first-order chi connectivity index (χ1) is 6.65. The minimum absolute atomic E-state index is 0.439. The Hall–Kier alpha value is -0.830. The van der Waals surface area contributed by atoms with Crippen LogP contribution in [0, 0.1) is 13.8 Å². The monoisotopic (exact) mass is 256 g/mol. The first-order valence-corrected chi connectivity index (χ1v) is 5.27. The number of ether oxygens (including phenoxy) is 1. The van der Waals surface area contributed by atoms with Crippen molar-refractivity contribution in [3.05, 3.63) is 27.7 Å². The summed E-state index contributed by atoms with van der Waals surface area (Å²) in [6.45, 7) is 4.44. The summed E-state index contributed by atoms with van der Waals surface area (Å²) in [4.78, 5) is 10.1. The van der Waals surface area contributed by atoms with Crippen LogP contribution >= 0.6 is 15.9 Å². The SMILES string of the molecule is Cc1cc(Br)cc(C)c1OCCC=O. The molecule has 3 heteroatoms. The van der Waals surface area contributed by atoms with E-state index < -0.39 is 0 Å². The standard InChI is InChI=1S/C11H13BrO2/c1-8-6-10(12)7-9(2)11(8)14-5-3-4-13/h4,6-7H,3,5H2,1-2H3. The van der Waals surface area contributed by atoms with E-state index in [0.29, 0.717) is 13.0 Å². The van der Waals surface area contributed by atoms with Crippen LogP contribution in [0.4, 0.5) is 0 Å². The van der Waals surface area contributed by atoms with Crippen LogP contribution in [0.5, 0.6) is 5.75 Å². The van der Waals surface area contributed by atoms with Gasteiger partial charge in [-0.2, -0.15) is 0 Å². The Morgan fingerprint density at radius 2 is 1.93 bits per heavy atom. The van der Waals surface area contributed by atoms with Crippen molar-refractivity contribution in [2.45, 2.75) is 20.3 Å². The average Bonchev–Trinajstić information content (AvgIpc) is 2.09. The molecule has 0 heterocycles. The highest BCUT2D eigenvalue weighted by molar-refractivity contribution is 9.10. The largest absolute Gasteiger partial charge is 0.493 e. The number of aryl methyl sites for hydroxylation is 2. The van der Waals surface area contributed by atoms with Gasteiger partial charge in [-0.25, -0.2) is 0 Å². The number of hydrogen-bond acceptors (Lipinski definition) is 2. The first kappa shape index (κ1) is 11.2. The van der Waals surface area contributed by atoms with Crippen molar-refractivity contribution < 1.29 is 9.53 Å². The normalized spacial score (nSPS) is 9.93. The summed E-state index contributed by atoms with van der Waals surface area (Å²) in [6, 6.07) is 4.01. The molecule has 0 amide bonds. The Bertz CT molecular complexity index is 311.